The molecule has 0 radical (unpaired) electrons. The van der Waals surface area contributed by atoms with Gasteiger partial charge in [0.05, 0.1) is 6.04 Å². The average molecular weight is 269 g/mol. The first kappa shape index (κ1) is 13.2. The summed E-state index contributed by atoms with van der Waals surface area (Å²) in [6.07, 6.45) is 0.963. The highest BCUT2D eigenvalue weighted by Crippen LogP contribution is 2.36. The van der Waals surface area contributed by atoms with Crippen LogP contribution in [0, 0.1) is 5.82 Å². The SMILES string of the molecule is CC(C)(C)c1ccc2c(c1)CC(c1ccc(F)cc1)N2. The minimum Gasteiger partial charge on any atom is -0.378 e. The second kappa shape index (κ2) is 4.62. The maximum atomic E-state index is 13.0. The molecule has 0 saturated carbocycles. The van der Waals surface area contributed by atoms with E-state index in [4.69, 9.17) is 0 Å². The van der Waals surface area contributed by atoms with Crippen molar-refractivity contribution in [3.05, 3.63) is 65.0 Å². The van der Waals surface area contributed by atoms with E-state index in [0.29, 0.717) is 0 Å². The van der Waals surface area contributed by atoms with Gasteiger partial charge in [0.1, 0.15) is 5.82 Å². The predicted molar refractivity (Wildman–Crippen MR) is 81.6 cm³/mol. The number of nitrogens with one attached hydrogen (secondary N) is 1. The number of hydrogen-bond donors (Lipinski definition) is 1. The summed E-state index contributed by atoms with van der Waals surface area (Å²) in [6.45, 7) is 6.69. The molecule has 1 aliphatic rings. The Morgan fingerprint density at radius 3 is 2.40 bits per heavy atom. The third-order valence-corrected chi connectivity index (χ3v) is 4.00. The van der Waals surface area contributed by atoms with Crippen molar-refractivity contribution >= 4 is 5.69 Å². The average Bonchev–Trinajstić information content (AvgIpc) is 2.81. The van der Waals surface area contributed by atoms with Crippen LogP contribution in [-0.4, -0.2) is 0 Å². The van der Waals surface area contributed by atoms with Crippen LogP contribution in [0.4, 0.5) is 10.1 Å². The Hall–Kier alpha value is -1.83. The van der Waals surface area contributed by atoms with Crippen LogP contribution in [0.1, 0.15) is 43.5 Å². The predicted octanol–water partition coefficient (Wildman–Crippen LogP) is 4.83. The van der Waals surface area contributed by atoms with Crippen LogP contribution in [0.25, 0.3) is 0 Å². The Morgan fingerprint density at radius 2 is 1.75 bits per heavy atom. The maximum absolute atomic E-state index is 13.0. The van der Waals surface area contributed by atoms with Crippen molar-refractivity contribution in [2.75, 3.05) is 5.32 Å². The van der Waals surface area contributed by atoms with Gasteiger partial charge in [-0.05, 0) is 46.7 Å². The Balaban J connectivity index is 1.87. The molecule has 104 valence electrons. The van der Waals surface area contributed by atoms with Gasteiger partial charge in [-0.25, -0.2) is 4.39 Å². The summed E-state index contributed by atoms with van der Waals surface area (Å²) in [5.74, 6) is -0.181. The summed E-state index contributed by atoms with van der Waals surface area (Å²) >= 11 is 0. The molecule has 20 heavy (non-hydrogen) atoms. The number of hydrogen-bond acceptors (Lipinski definition) is 1. The molecular formula is C18H20FN. The normalized spacial score (nSPS) is 17.7. The topological polar surface area (TPSA) is 12.0 Å². The van der Waals surface area contributed by atoms with Crippen LogP contribution in [0.5, 0.6) is 0 Å². The highest BCUT2D eigenvalue weighted by atomic mass is 19.1. The summed E-state index contributed by atoms with van der Waals surface area (Å²) < 4.78 is 13.0. The summed E-state index contributed by atoms with van der Waals surface area (Å²) in [7, 11) is 0. The van der Waals surface area contributed by atoms with E-state index in [0.717, 1.165) is 12.0 Å². The van der Waals surface area contributed by atoms with E-state index in [1.165, 1.54) is 28.9 Å². The second-order valence-electron chi connectivity index (χ2n) is 6.57. The van der Waals surface area contributed by atoms with Gasteiger partial charge in [-0.1, -0.05) is 45.0 Å². The van der Waals surface area contributed by atoms with Crippen molar-refractivity contribution in [3.8, 4) is 0 Å². The minimum atomic E-state index is -0.181. The third kappa shape index (κ3) is 2.43. The molecule has 0 amide bonds. The summed E-state index contributed by atoms with van der Waals surface area (Å²) in [6, 6.07) is 13.7. The molecule has 1 nitrogen and oxygen atoms in total. The van der Waals surface area contributed by atoms with Gasteiger partial charge in [-0.3, -0.25) is 0 Å². The van der Waals surface area contributed by atoms with Gasteiger partial charge in [-0.2, -0.15) is 0 Å². The zero-order chi connectivity index (χ0) is 14.3. The van der Waals surface area contributed by atoms with Crippen LogP contribution in [-0.2, 0) is 11.8 Å². The fourth-order valence-electron chi connectivity index (χ4n) is 2.72. The second-order valence-corrected chi connectivity index (χ2v) is 6.57. The fraction of sp³-hybridized carbons (Fsp3) is 0.333. The van der Waals surface area contributed by atoms with Crippen molar-refractivity contribution in [3.63, 3.8) is 0 Å². The van der Waals surface area contributed by atoms with Gasteiger partial charge in [0.15, 0.2) is 0 Å². The molecule has 1 atom stereocenters. The lowest BCUT2D eigenvalue weighted by Crippen LogP contribution is -2.10. The molecule has 0 aromatic heterocycles. The fourth-order valence-corrected chi connectivity index (χ4v) is 2.72. The number of halogens is 1. The summed E-state index contributed by atoms with van der Waals surface area (Å²) in [4.78, 5) is 0. The van der Waals surface area contributed by atoms with E-state index in [2.05, 4.69) is 44.3 Å². The first-order valence-corrected chi connectivity index (χ1v) is 7.09. The molecule has 0 fully saturated rings. The van der Waals surface area contributed by atoms with Gasteiger partial charge >= 0.3 is 0 Å². The minimum absolute atomic E-state index is 0.170. The van der Waals surface area contributed by atoms with E-state index in [1.54, 1.807) is 0 Å². The van der Waals surface area contributed by atoms with Gasteiger partial charge < -0.3 is 5.32 Å². The molecule has 1 N–H and O–H groups in total. The molecule has 1 aliphatic heterocycles. The number of rotatable bonds is 1. The third-order valence-electron chi connectivity index (χ3n) is 4.00. The van der Waals surface area contributed by atoms with E-state index < -0.39 is 0 Å². The lowest BCUT2D eigenvalue weighted by atomic mass is 9.85. The van der Waals surface area contributed by atoms with Crippen molar-refractivity contribution in [1.29, 1.82) is 0 Å². The van der Waals surface area contributed by atoms with E-state index in [-0.39, 0.29) is 17.3 Å². The molecule has 0 saturated heterocycles. The van der Waals surface area contributed by atoms with Crippen LogP contribution >= 0.6 is 0 Å². The van der Waals surface area contributed by atoms with Crippen LogP contribution in [0.15, 0.2) is 42.5 Å². The standard InChI is InChI=1S/C18H20FN/c1-18(2,3)14-6-9-16-13(10-14)11-17(20-16)12-4-7-15(19)8-5-12/h4-10,17,20H,11H2,1-3H3. The van der Waals surface area contributed by atoms with Gasteiger partial charge in [0.25, 0.3) is 0 Å². The van der Waals surface area contributed by atoms with E-state index >= 15 is 0 Å². The Kier molecular flexibility index (Phi) is 3.04. The van der Waals surface area contributed by atoms with Crippen LogP contribution in [0.2, 0.25) is 0 Å². The first-order valence-electron chi connectivity index (χ1n) is 7.09. The highest BCUT2D eigenvalue weighted by Gasteiger charge is 2.24. The molecule has 0 spiro atoms. The highest BCUT2D eigenvalue weighted by molar-refractivity contribution is 5.59. The molecule has 0 aliphatic carbocycles. The quantitative estimate of drug-likeness (QED) is 0.781. The Labute approximate surface area is 119 Å². The zero-order valence-electron chi connectivity index (χ0n) is 12.2. The molecule has 0 bridgehead atoms. The maximum Gasteiger partial charge on any atom is 0.123 e. The van der Waals surface area contributed by atoms with Crippen molar-refractivity contribution < 1.29 is 4.39 Å². The number of benzene rings is 2. The lowest BCUT2D eigenvalue weighted by Gasteiger charge is -2.19. The van der Waals surface area contributed by atoms with Crippen molar-refractivity contribution in [2.24, 2.45) is 0 Å². The van der Waals surface area contributed by atoms with Crippen molar-refractivity contribution in [1.82, 2.24) is 0 Å². The molecule has 3 rings (SSSR count). The van der Waals surface area contributed by atoms with Crippen molar-refractivity contribution in [2.45, 2.75) is 38.6 Å². The molecule has 2 aromatic carbocycles. The summed E-state index contributed by atoms with van der Waals surface area (Å²) in [5.41, 5.74) is 5.22. The van der Waals surface area contributed by atoms with E-state index in [9.17, 15) is 4.39 Å². The zero-order valence-corrected chi connectivity index (χ0v) is 12.2. The number of fused-ring (bicyclic) bond motifs is 1. The molecule has 1 unspecified atom stereocenters. The molecule has 2 heteroatoms. The lowest BCUT2D eigenvalue weighted by molar-refractivity contribution is 0.589. The monoisotopic (exact) mass is 269 g/mol. The number of anilines is 1. The van der Waals surface area contributed by atoms with Gasteiger partial charge in [-0.15, -0.1) is 0 Å². The first-order chi connectivity index (χ1) is 9.43. The van der Waals surface area contributed by atoms with Gasteiger partial charge in [0, 0.05) is 5.69 Å². The van der Waals surface area contributed by atoms with Gasteiger partial charge in [0.2, 0.25) is 0 Å². The molecule has 1 heterocycles. The van der Waals surface area contributed by atoms with Crippen LogP contribution in [0.3, 0.4) is 0 Å². The molecule has 2 aromatic rings. The smallest absolute Gasteiger partial charge is 0.123 e. The molecular weight excluding hydrogens is 249 g/mol. The van der Waals surface area contributed by atoms with E-state index in [1.807, 2.05) is 12.1 Å². The van der Waals surface area contributed by atoms with Crippen LogP contribution < -0.4 is 5.32 Å². The largest absolute Gasteiger partial charge is 0.378 e. The Morgan fingerprint density at radius 1 is 1.05 bits per heavy atom. The summed E-state index contributed by atoms with van der Waals surface area (Å²) in [5, 5.41) is 3.53. The Bertz CT molecular complexity index is 623.